The monoisotopic (exact) mass is 555 g/mol. The molecular formula is C26H53NO11. The minimum Gasteiger partial charge on any atom is -0.463 e. The molecule has 0 spiro atoms. The molecule has 0 amide bonds. The number of rotatable bonds is 32. The highest BCUT2D eigenvalue weighted by molar-refractivity contribution is 5.69. The standard InChI is InChI=1S/C26H53NO11/c1-4-5-26(28)38-25-24-37-23-22-36-21-20-35-19-18-34-17-16-33-15-14-32-13-12-31-11-10-30-9-8-29-7-6-27(2)3/h4-25H2,1-3H3. The van der Waals surface area contributed by atoms with Crippen LogP contribution in [0.25, 0.3) is 0 Å². The summed E-state index contributed by atoms with van der Waals surface area (Å²) in [6.45, 7) is 12.5. The van der Waals surface area contributed by atoms with Crippen molar-refractivity contribution < 1.29 is 52.2 Å². The Morgan fingerprint density at radius 1 is 0.447 bits per heavy atom. The zero-order valence-electron chi connectivity index (χ0n) is 24.0. The number of esters is 1. The molecule has 12 heteroatoms. The molecule has 38 heavy (non-hydrogen) atoms. The smallest absolute Gasteiger partial charge is 0.305 e. The third kappa shape index (κ3) is 33.1. The molecule has 0 fully saturated rings. The van der Waals surface area contributed by atoms with Gasteiger partial charge in [0.25, 0.3) is 0 Å². The number of carbonyl (C=O) groups is 1. The van der Waals surface area contributed by atoms with Crippen LogP contribution in [0.4, 0.5) is 0 Å². The lowest BCUT2D eigenvalue weighted by molar-refractivity contribution is -0.145. The summed E-state index contributed by atoms with van der Waals surface area (Å²) in [6.07, 6.45) is 1.23. The zero-order chi connectivity index (χ0) is 27.8. The Morgan fingerprint density at radius 2 is 0.711 bits per heavy atom. The number of hydrogen-bond acceptors (Lipinski definition) is 12. The van der Waals surface area contributed by atoms with Gasteiger partial charge in [-0.05, 0) is 20.5 Å². The first-order valence-corrected chi connectivity index (χ1v) is 13.7. The van der Waals surface area contributed by atoms with Crippen molar-refractivity contribution in [2.24, 2.45) is 0 Å². The molecule has 0 N–H and O–H groups in total. The van der Waals surface area contributed by atoms with E-state index in [4.69, 9.17) is 47.4 Å². The van der Waals surface area contributed by atoms with Gasteiger partial charge in [-0.1, -0.05) is 6.92 Å². The molecule has 0 aliphatic carbocycles. The average molecular weight is 556 g/mol. The maximum atomic E-state index is 11.2. The van der Waals surface area contributed by atoms with Gasteiger partial charge in [0.1, 0.15) is 6.61 Å². The molecule has 0 unspecified atom stereocenters. The summed E-state index contributed by atoms with van der Waals surface area (Å²) in [5, 5.41) is 0. The summed E-state index contributed by atoms with van der Waals surface area (Å²) >= 11 is 0. The van der Waals surface area contributed by atoms with E-state index < -0.39 is 0 Å². The van der Waals surface area contributed by atoms with Gasteiger partial charge in [0, 0.05) is 13.0 Å². The van der Waals surface area contributed by atoms with E-state index in [0.717, 1.165) is 13.0 Å². The lowest BCUT2D eigenvalue weighted by Gasteiger charge is -2.10. The van der Waals surface area contributed by atoms with Gasteiger partial charge in [0.2, 0.25) is 0 Å². The molecule has 0 aromatic rings. The Balaban J connectivity index is 3.05. The van der Waals surface area contributed by atoms with Crippen LogP contribution in [0.3, 0.4) is 0 Å². The van der Waals surface area contributed by atoms with Gasteiger partial charge >= 0.3 is 5.97 Å². The van der Waals surface area contributed by atoms with Crippen molar-refractivity contribution in [3.05, 3.63) is 0 Å². The van der Waals surface area contributed by atoms with Crippen molar-refractivity contribution in [2.45, 2.75) is 19.8 Å². The highest BCUT2D eigenvalue weighted by Crippen LogP contribution is 1.91. The summed E-state index contributed by atoms with van der Waals surface area (Å²) in [4.78, 5) is 13.2. The summed E-state index contributed by atoms with van der Waals surface area (Å²) in [5.41, 5.74) is 0. The van der Waals surface area contributed by atoms with Crippen molar-refractivity contribution in [1.29, 1.82) is 0 Å². The van der Waals surface area contributed by atoms with Gasteiger partial charge in [-0.2, -0.15) is 0 Å². The topological polar surface area (TPSA) is 113 Å². The number of carbonyl (C=O) groups excluding carboxylic acids is 1. The number of hydrogen-bond donors (Lipinski definition) is 0. The Labute approximate surface area is 229 Å². The second-order valence-electron chi connectivity index (χ2n) is 8.29. The Bertz CT molecular complexity index is 472. The van der Waals surface area contributed by atoms with Crippen molar-refractivity contribution in [1.82, 2.24) is 4.90 Å². The van der Waals surface area contributed by atoms with E-state index in [1.807, 2.05) is 21.0 Å². The fourth-order valence-electron chi connectivity index (χ4n) is 2.60. The number of likely N-dealkylation sites (N-methyl/N-ethyl adjacent to an activating group) is 1. The van der Waals surface area contributed by atoms with Gasteiger partial charge < -0.3 is 52.3 Å². The number of ether oxygens (including phenoxy) is 10. The first-order chi connectivity index (χ1) is 18.7. The van der Waals surface area contributed by atoms with E-state index in [9.17, 15) is 4.79 Å². The fourth-order valence-corrected chi connectivity index (χ4v) is 2.60. The Morgan fingerprint density at radius 3 is 0.974 bits per heavy atom. The minimum absolute atomic E-state index is 0.185. The zero-order valence-corrected chi connectivity index (χ0v) is 24.0. The van der Waals surface area contributed by atoms with Crippen molar-refractivity contribution in [3.8, 4) is 0 Å². The highest BCUT2D eigenvalue weighted by Gasteiger charge is 2.00. The highest BCUT2D eigenvalue weighted by atomic mass is 16.6. The van der Waals surface area contributed by atoms with Gasteiger partial charge in [0.05, 0.1) is 119 Å². The molecule has 0 aliphatic heterocycles. The van der Waals surface area contributed by atoms with Crippen molar-refractivity contribution in [2.75, 3.05) is 146 Å². The summed E-state index contributed by atoms with van der Waals surface area (Å²) in [6, 6.07) is 0. The molecule has 0 radical (unpaired) electrons. The van der Waals surface area contributed by atoms with Crippen LogP contribution in [0.2, 0.25) is 0 Å². The third-order valence-electron chi connectivity index (χ3n) is 4.60. The summed E-state index contributed by atoms with van der Waals surface area (Å²) < 4.78 is 53.8. The first kappa shape index (κ1) is 37.1. The van der Waals surface area contributed by atoms with Crippen LogP contribution in [0.5, 0.6) is 0 Å². The van der Waals surface area contributed by atoms with Gasteiger partial charge in [0.15, 0.2) is 0 Å². The van der Waals surface area contributed by atoms with Crippen LogP contribution in [-0.4, -0.2) is 157 Å². The van der Waals surface area contributed by atoms with Crippen LogP contribution < -0.4 is 0 Å². The molecule has 0 atom stereocenters. The molecule has 0 bridgehead atoms. The second-order valence-corrected chi connectivity index (χ2v) is 8.29. The van der Waals surface area contributed by atoms with Crippen LogP contribution >= 0.6 is 0 Å². The van der Waals surface area contributed by atoms with Crippen LogP contribution in [0.1, 0.15) is 19.8 Å². The van der Waals surface area contributed by atoms with Gasteiger partial charge in [-0.3, -0.25) is 4.79 Å². The molecule has 0 aromatic heterocycles. The fraction of sp³-hybridized carbons (Fsp3) is 0.962. The second kappa shape index (κ2) is 32.3. The van der Waals surface area contributed by atoms with E-state index in [1.165, 1.54) is 0 Å². The average Bonchev–Trinajstić information content (AvgIpc) is 2.89. The molecule has 0 aliphatic rings. The lowest BCUT2D eigenvalue weighted by atomic mass is 10.3. The Kier molecular flexibility index (Phi) is 31.5. The minimum atomic E-state index is -0.185. The van der Waals surface area contributed by atoms with E-state index >= 15 is 0 Å². The van der Waals surface area contributed by atoms with Crippen LogP contribution in [0.15, 0.2) is 0 Å². The SMILES string of the molecule is CCCC(=O)OCCOCCOCCOCCOCCOCCOCCOCCOCCOCCN(C)C. The van der Waals surface area contributed by atoms with Crippen LogP contribution in [-0.2, 0) is 52.2 Å². The normalized spacial score (nSPS) is 11.5. The van der Waals surface area contributed by atoms with E-state index in [-0.39, 0.29) is 12.6 Å². The predicted molar refractivity (Wildman–Crippen MR) is 142 cm³/mol. The van der Waals surface area contributed by atoms with Crippen LogP contribution in [0, 0.1) is 0 Å². The summed E-state index contributed by atoms with van der Waals surface area (Å²) in [7, 11) is 4.04. The molecule has 0 saturated carbocycles. The van der Waals surface area contributed by atoms with E-state index in [0.29, 0.717) is 125 Å². The maximum Gasteiger partial charge on any atom is 0.305 e. The third-order valence-corrected chi connectivity index (χ3v) is 4.60. The number of nitrogens with zero attached hydrogens (tertiary/aromatic N) is 1. The quantitative estimate of drug-likeness (QED) is 0.0873. The van der Waals surface area contributed by atoms with E-state index in [2.05, 4.69) is 4.90 Å². The van der Waals surface area contributed by atoms with Crippen molar-refractivity contribution in [3.63, 3.8) is 0 Å². The first-order valence-electron chi connectivity index (χ1n) is 13.7. The van der Waals surface area contributed by atoms with Gasteiger partial charge in [-0.25, -0.2) is 0 Å². The molecule has 228 valence electrons. The molecule has 0 saturated heterocycles. The molecule has 0 heterocycles. The van der Waals surface area contributed by atoms with E-state index in [1.54, 1.807) is 0 Å². The molecule has 0 aromatic carbocycles. The molecule has 0 rings (SSSR count). The largest absolute Gasteiger partial charge is 0.463 e. The van der Waals surface area contributed by atoms with Gasteiger partial charge in [-0.15, -0.1) is 0 Å². The molecule has 12 nitrogen and oxygen atoms in total. The maximum absolute atomic E-state index is 11.2. The van der Waals surface area contributed by atoms with Crippen molar-refractivity contribution >= 4 is 5.97 Å². The predicted octanol–water partition coefficient (Wildman–Crippen LogP) is 1.04. The lowest BCUT2D eigenvalue weighted by Crippen LogP contribution is -2.19. The summed E-state index contributed by atoms with van der Waals surface area (Å²) in [5.74, 6) is -0.185. The Hall–Kier alpha value is -0.930. The molecular weight excluding hydrogens is 502 g/mol.